The van der Waals surface area contributed by atoms with E-state index in [-0.39, 0.29) is 0 Å². The number of nitrogens with zero attached hydrogens (tertiary/aromatic N) is 4. The molecule has 0 saturated heterocycles. The van der Waals surface area contributed by atoms with Gasteiger partial charge >= 0.3 is 5.97 Å². The molecule has 0 radical (unpaired) electrons. The van der Waals surface area contributed by atoms with Crippen LogP contribution in [0.15, 0.2) is 41.9 Å². The Hall–Kier alpha value is -3.31. The molecule has 136 valence electrons. The molecule has 3 aromatic rings. The third kappa shape index (κ3) is 4.10. The molecule has 0 aliphatic heterocycles. The maximum absolute atomic E-state index is 12.2. The predicted molar refractivity (Wildman–Crippen MR) is 98.8 cm³/mol. The van der Waals surface area contributed by atoms with Gasteiger partial charge in [0.1, 0.15) is 5.01 Å². The van der Waals surface area contributed by atoms with E-state index in [1.165, 1.54) is 11.3 Å². The van der Waals surface area contributed by atoms with E-state index >= 15 is 0 Å². The number of Topliss-reactive ketones (excluding diaryl/α,β-unsaturated/α-hetero) is 1. The molecule has 1 aromatic carbocycles. The summed E-state index contributed by atoms with van der Waals surface area (Å²) in [5, 5.41) is 15.6. The van der Waals surface area contributed by atoms with Gasteiger partial charge < -0.3 is 4.74 Å². The number of nitriles is 1. The summed E-state index contributed by atoms with van der Waals surface area (Å²) in [6, 6.07) is 10.5. The van der Waals surface area contributed by atoms with Crippen LogP contribution < -0.4 is 0 Å². The van der Waals surface area contributed by atoms with E-state index < -0.39 is 24.3 Å². The lowest BCUT2D eigenvalue weighted by atomic mass is 10.1. The van der Waals surface area contributed by atoms with Crippen LogP contribution in [0.1, 0.15) is 32.7 Å². The van der Waals surface area contributed by atoms with Gasteiger partial charge in [-0.2, -0.15) is 10.4 Å². The van der Waals surface area contributed by atoms with Crippen LogP contribution in [0.4, 0.5) is 0 Å². The van der Waals surface area contributed by atoms with Crippen LogP contribution in [0.2, 0.25) is 0 Å². The summed E-state index contributed by atoms with van der Waals surface area (Å²) in [7, 11) is 0. The number of ether oxygens (including phenoxy) is 1. The van der Waals surface area contributed by atoms with Gasteiger partial charge in [0, 0.05) is 23.0 Å². The Morgan fingerprint density at radius 2 is 2.00 bits per heavy atom. The Balaban J connectivity index is 1.63. The molecule has 27 heavy (non-hydrogen) atoms. The Bertz CT molecular complexity index is 1010. The Kier molecular flexibility index (Phi) is 5.43. The fourth-order valence-electron chi connectivity index (χ4n) is 2.45. The molecule has 0 N–H and O–H groups in total. The van der Waals surface area contributed by atoms with Crippen LogP contribution in [0.5, 0.6) is 0 Å². The van der Waals surface area contributed by atoms with Crippen molar-refractivity contribution in [2.75, 3.05) is 6.61 Å². The molecule has 0 aliphatic rings. The van der Waals surface area contributed by atoms with E-state index in [1.807, 2.05) is 19.1 Å². The highest BCUT2D eigenvalue weighted by Gasteiger charge is 2.24. The number of rotatable bonds is 6. The van der Waals surface area contributed by atoms with Crippen LogP contribution in [0.3, 0.4) is 0 Å². The summed E-state index contributed by atoms with van der Waals surface area (Å²) in [5.74, 6) is -2.15. The summed E-state index contributed by atoms with van der Waals surface area (Å²) in [6.45, 7) is 3.24. The van der Waals surface area contributed by atoms with E-state index in [1.54, 1.807) is 47.4 Å². The molecule has 0 bridgehead atoms. The molecule has 0 fully saturated rings. The molecular formula is C19H16N4O3S. The van der Waals surface area contributed by atoms with Gasteiger partial charge in [0.05, 0.1) is 17.3 Å². The maximum Gasteiger partial charge on any atom is 0.338 e. The van der Waals surface area contributed by atoms with Crippen molar-refractivity contribution >= 4 is 23.1 Å². The van der Waals surface area contributed by atoms with Crippen molar-refractivity contribution in [3.05, 3.63) is 63.9 Å². The van der Waals surface area contributed by atoms with Crippen molar-refractivity contribution in [2.45, 2.75) is 19.8 Å². The second-order valence-electron chi connectivity index (χ2n) is 5.86. The second-order valence-corrected chi connectivity index (χ2v) is 6.75. The van der Waals surface area contributed by atoms with E-state index in [0.29, 0.717) is 10.6 Å². The number of hydrogen-bond donors (Lipinski definition) is 0. The van der Waals surface area contributed by atoms with Crippen LogP contribution in [-0.4, -0.2) is 33.1 Å². The standard InChI is InChI=1S/C19H16N4O3S/c1-12-11-27-18(22-12)16(9-20)17(24)10-26-19(25)14-3-5-15(6-4-14)23-13(2)7-8-21-23/h3-8,11,16H,10H2,1-2H3/t16-/m0/s1. The van der Waals surface area contributed by atoms with Crippen LogP contribution in [0, 0.1) is 25.2 Å². The summed E-state index contributed by atoms with van der Waals surface area (Å²) >= 11 is 1.24. The van der Waals surface area contributed by atoms with E-state index in [2.05, 4.69) is 10.1 Å². The average molecular weight is 380 g/mol. The molecule has 2 aromatic heterocycles. The van der Waals surface area contributed by atoms with Gasteiger partial charge in [-0.15, -0.1) is 11.3 Å². The zero-order valence-electron chi connectivity index (χ0n) is 14.7. The molecule has 2 heterocycles. The Morgan fingerprint density at radius 1 is 1.26 bits per heavy atom. The maximum atomic E-state index is 12.2. The van der Waals surface area contributed by atoms with Crippen molar-refractivity contribution < 1.29 is 14.3 Å². The predicted octanol–water partition coefficient (Wildman–Crippen LogP) is 2.98. The first-order valence-electron chi connectivity index (χ1n) is 8.12. The largest absolute Gasteiger partial charge is 0.454 e. The molecular weight excluding hydrogens is 364 g/mol. The van der Waals surface area contributed by atoms with Crippen molar-refractivity contribution in [1.82, 2.24) is 14.8 Å². The molecule has 0 amide bonds. The first-order valence-corrected chi connectivity index (χ1v) is 9.00. The summed E-state index contributed by atoms with van der Waals surface area (Å²) in [5.41, 5.74) is 2.84. The van der Waals surface area contributed by atoms with E-state index in [9.17, 15) is 14.9 Å². The van der Waals surface area contributed by atoms with Gasteiger partial charge in [-0.3, -0.25) is 4.79 Å². The number of aromatic nitrogens is 3. The molecule has 0 unspecified atom stereocenters. The summed E-state index contributed by atoms with van der Waals surface area (Å²) in [6.07, 6.45) is 1.69. The monoisotopic (exact) mass is 380 g/mol. The lowest BCUT2D eigenvalue weighted by Gasteiger charge is -2.08. The topological polar surface area (TPSA) is 97.9 Å². The number of ketones is 1. The first kappa shape index (κ1) is 18.5. The van der Waals surface area contributed by atoms with Gasteiger partial charge in [-0.05, 0) is 44.2 Å². The Labute approximate surface area is 159 Å². The minimum absolute atomic E-state index is 0.315. The fourth-order valence-corrected chi connectivity index (χ4v) is 3.31. The van der Waals surface area contributed by atoms with Crippen LogP contribution in [-0.2, 0) is 9.53 Å². The van der Waals surface area contributed by atoms with Crippen molar-refractivity contribution in [2.24, 2.45) is 0 Å². The van der Waals surface area contributed by atoms with Gasteiger partial charge in [0.25, 0.3) is 0 Å². The van der Waals surface area contributed by atoms with E-state index in [4.69, 9.17) is 4.74 Å². The third-order valence-corrected chi connectivity index (χ3v) is 4.89. The normalized spacial score (nSPS) is 11.6. The minimum Gasteiger partial charge on any atom is -0.454 e. The smallest absolute Gasteiger partial charge is 0.338 e. The van der Waals surface area contributed by atoms with Crippen molar-refractivity contribution in [3.63, 3.8) is 0 Å². The average Bonchev–Trinajstić information content (AvgIpc) is 3.29. The number of carbonyl (C=O) groups excluding carboxylic acids is 2. The molecule has 7 nitrogen and oxygen atoms in total. The van der Waals surface area contributed by atoms with Gasteiger partial charge in [-0.25, -0.2) is 14.5 Å². The highest BCUT2D eigenvalue weighted by Crippen LogP contribution is 2.21. The molecule has 1 atom stereocenters. The van der Waals surface area contributed by atoms with E-state index in [0.717, 1.165) is 17.1 Å². The number of hydrogen-bond acceptors (Lipinski definition) is 7. The number of thiazole rings is 1. The SMILES string of the molecule is Cc1csc([C@@H](C#N)C(=O)COC(=O)c2ccc(-n3nccc3C)cc2)n1. The number of esters is 1. The van der Waals surface area contributed by atoms with Gasteiger partial charge in [0.2, 0.25) is 0 Å². The second kappa shape index (κ2) is 7.93. The lowest BCUT2D eigenvalue weighted by Crippen LogP contribution is -2.20. The quantitative estimate of drug-likeness (QED) is 0.610. The third-order valence-electron chi connectivity index (χ3n) is 3.86. The highest BCUT2D eigenvalue weighted by molar-refractivity contribution is 7.09. The molecule has 0 spiro atoms. The zero-order valence-corrected chi connectivity index (χ0v) is 15.6. The van der Waals surface area contributed by atoms with Gasteiger partial charge in [0.15, 0.2) is 18.3 Å². The number of benzene rings is 1. The summed E-state index contributed by atoms with van der Waals surface area (Å²) in [4.78, 5) is 28.6. The number of aryl methyl sites for hydroxylation is 2. The Morgan fingerprint density at radius 3 is 2.56 bits per heavy atom. The van der Waals surface area contributed by atoms with Crippen LogP contribution >= 0.6 is 11.3 Å². The van der Waals surface area contributed by atoms with Gasteiger partial charge in [-0.1, -0.05) is 0 Å². The fraction of sp³-hybridized carbons (Fsp3) is 0.211. The number of carbonyl (C=O) groups is 2. The molecule has 8 heteroatoms. The molecule has 0 aliphatic carbocycles. The van der Waals surface area contributed by atoms with Crippen molar-refractivity contribution in [1.29, 1.82) is 5.26 Å². The zero-order chi connectivity index (χ0) is 19.4. The molecule has 3 rings (SSSR count). The summed E-state index contributed by atoms with van der Waals surface area (Å²) < 4.78 is 6.81. The highest BCUT2D eigenvalue weighted by atomic mass is 32.1. The van der Waals surface area contributed by atoms with Crippen LogP contribution in [0.25, 0.3) is 5.69 Å². The van der Waals surface area contributed by atoms with Crippen molar-refractivity contribution in [3.8, 4) is 11.8 Å². The minimum atomic E-state index is -1.03. The lowest BCUT2D eigenvalue weighted by molar-refractivity contribution is -0.122. The first-order chi connectivity index (χ1) is 13.0. The molecule has 0 saturated carbocycles.